The minimum Gasteiger partial charge on any atom is -0.385 e. The standard InChI is InChI=1S/C27H26N4/c1-19-17-23(15-16-28-19)22-13-8-14-24(18-22)27-30-25(20-9-4-2-5-10-20)29-26(31-27)21-11-6-3-7-12-21/h2-15,17-18,25,27-28,30H,16H2,1H3,(H,29,31). The molecule has 4 heteroatoms. The van der Waals surface area contributed by atoms with Gasteiger partial charge in [0, 0.05) is 17.8 Å². The van der Waals surface area contributed by atoms with E-state index in [1.807, 2.05) is 24.3 Å². The molecule has 31 heavy (non-hydrogen) atoms. The summed E-state index contributed by atoms with van der Waals surface area (Å²) in [7, 11) is 0. The van der Waals surface area contributed by atoms with Gasteiger partial charge >= 0.3 is 0 Å². The molecule has 154 valence electrons. The number of hydrogen-bond acceptors (Lipinski definition) is 4. The average Bonchev–Trinajstić information content (AvgIpc) is 2.85. The molecule has 0 aromatic heterocycles. The maximum absolute atomic E-state index is 5.05. The normalized spacial score (nSPS) is 20.6. The fourth-order valence-electron chi connectivity index (χ4n) is 4.04. The minimum absolute atomic E-state index is 0.0252. The third-order valence-electron chi connectivity index (χ3n) is 5.65. The molecule has 0 saturated heterocycles. The number of hydrogen-bond donors (Lipinski definition) is 3. The second kappa shape index (κ2) is 8.62. The van der Waals surface area contributed by atoms with Gasteiger partial charge in [-0.2, -0.15) is 0 Å². The maximum atomic E-state index is 5.05. The Labute approximate surface area is 183 Å². The van der Waals surface area contributed by atoms with Gasteiger partial charge in [0.05, 0.1) is 0 Å². The van der Waals surface area contributed by atoms with Gasteiger partial charge in [0.1, 0.15) is 18.2 Å². The molecule has 2 aliphatic heterocycles. The first kappa shape index (κ1) is 19.3. The van der Waals surface area contributed by atoms with Crippen molar-refractivity contribution in [3.63, 3.8) is 0 Å². The highest BCUT2D eigenvalue weighted by Crippen LogP contribution is 2.28. The predicted octanol–water partition coefficient (Wildman–Crippen LogP) is 4.91. The van der Waals surface area contributed by atoms with E-state index in [0.717, 1.165) is 23.5 Å². The monoisotopic (exact) mass is 406 g/mol. The van der Waals surface area contributed by atoms with Crippen molar-refractivity contribution >= 4 is 11.4 Å². The summed E-state index contributed by atoms with van der Waals surface area (Å²) in [4.78, 5) is 5.05. The number of nitrogens with one attached hydrogen (secondary N) is 3. The van der Waals surface area contributed by atoms with Crippen LogP contribution in [0.3, 0.4) is 0 Å². The summed E-state index contributed by atoms with van der Waals surface area (Å²) in [6.07, 6.45) is 4.26. The number of amidine groups is 1. The third kappa shape index (κ3) is 4.30. The minimum atomic E-state index is -0.144. The first-order valence-corrected chi connectivity index (χ1v) is 10.7. The maximum Gasteiger partial charge on any atom is 0.131 e. The molecule has 2 heterocycles. The van der Waals surface area contributed by atoms with Crippen molar-refractivity contribution in [2.24, 2.45) is 4.99 Å². The summed E-state index contributed by atoms with van der Waals surface area (Å²) < 4.78 is 0. The quantitative estimate of drug-likeness (QED) is 0.577. The molecule has 2 atom stereocenters. The van der Waals surface area contributed by atoms with Crippen LogP contribution in [0.1, 0.15) is 41.5 Å². The SMILES string of the molecule is CC1=CC(c2cccc(C3N=C(c4ccccc4)NC(c4ccccc4)N3)c2)=CCN1. The van der Waals surface area contributed by atoms with Crippen LogP contribution < -0.4 is 16.0 Å². The van der Waals surface area contributed by atoms with Crippen molar-refractivity contribution in [3.8, 4) is 0 Å². The molecule has 0 bridgehead atoms. The molecule has 0 saturated carbocycles. The second-order valence-corrected chi connectivity index (χ2v) is 7.89. The Balaban J connectivity index is 1.52. The number of dihydropyridines is 1. The number of nitrogens with zero attached hydrogens (tertiary/aromatic N) is 1. The largest absolute Gasteiger partial charge is 0.385 e. The van der Waals surface area contributed by atoms with Gasteiger partial charge in [-0.1, -0.05) is 84.9 Å². The van der Waals surface area contributed by atoms with Crippen LogP contribution in [0, 0.1) is 0 Å². The van der Waals surface area contributed by atoms with E-state index in [4.69, 9.17) is 4.99 Å². The Morgan fingerprint density at radius 1 is 0.806 bits per heavy atom. The number of benzene rings is 3. The molecule has 2 aliphatic rings. The zero-order valence-electron chi connectivity index (χ0n) is 17.5. The van der Waals surface area contributed by atoms with E-state index >= 15 is 0 Å². The second-order valence-electron chi connectivity index (χ2n) is 7.89. The molecule has 3 aromatic carbocycles. The Bertz CT molecular complexity index is 1150. The fraction of sp³-hybridized carbons (Fsp3) is 0.148. The van der Waals surface area contributed by atoms with Crippen molar-refractivity contribution in [2.75, 3.05) is 6.54 Å². The molecule has 3 N–H and O–H groups in total. The number of rotatable bonds is 4. The van der Waals surface area contributed by atoms with E-state index in [1.165, 1.54) is 22.4 Å². The smallest absolute Gasteiger partial charge is 0.131 e. The van der Waals surface area contributed by atoms with E-state index in [-0.39, 0.29) is 12.3 Å². The highest BCUT2D eigenvalue weighted by Gasteiger charge is 2.25. The van der Waals surface area contributed by atoms with Crippen LogP contribution in [0.4, 0.5) is 0 Å². The Hall–Kier alpha value is -3.63. The topological polar surface area (TPSA) is 48.5 Å². The number of allylic oxidation sites excluding steroid dienone is 3. The molecular formula is C27H26N4. The van der Waals surface area contributed by atoms with Crippen molar-refractivity contribution in [3.05, 3.63) is 125 Å². The lowest BCUT2D eigenvalue weighted by Gasteiger charge is -2.32. The van der Waals surface area contributed by atoms with Crippen LogP contribution in [-0.2, 0) is 0 Å². The lowest BCUT2D eigenvalue weighted by Crippen LogP contribution is -2.44. The molecule has 0 spiro atoms. The van der Waals surface area contributed by atoms with Gasteiger partial charge in [0.25, 0.3) is 0 Å². The zero-order valence-corrected chi connectivity index (χ0v) is 17.5. The van der Waals surface area contributed by atoms with Crippen LogP contribution >= 0.6 is 0 Å². The molecule has 0 fully saturated rings. The van der Waals surface area contributed by atoms with Gasteiger partial charge in [0.15, 0.2) is 0 Å². The van der Waals surface area contributed by atoms with E-state index in [9.17, 15) is 0 Å². The van der Waals surface area contributed by atoms with Gasteiger partial charge in [0.2, 0.25) is 0 Å². The van der Waals surface area contributed by atoms with Gasteiger partial charge in [-0.25, -0.2) is 4.99 Å². The van der Waals surface area contributed by atoms with Crippen molar-refractivity contribution in [1.82, 2.24) is 16.0 Å². The summed E-state index contributed by atoms with van der Waals surface area (Å²) in [5.41, 5.74) is 7.08. The van der Waals surface area contributed by atoms with Crippen molar-refractivity contribution < 1.29 is 0 Å². The zero-order chi connectivity index (χ0) is 21.0. The van der Waals surface area contributed by atoms with E-state index in [0.29, 0.717) is 0 Å². The van der Waals surface area contributed by atoms with Crippen molar-refractivity contribution in [1.29, 1.82) is 0 Å². The molecule has 0 radical (unpaired) electrons. The Morgan fingerprint density at radius 3 is 2.29 bits per heavy atom. The van der Waals surface area contributed by atoms with E-state index in [2.05, 4.69) is 95.7 Å². The highest BCUT2D eigenvalue weighted by atomic mass is 15.3. The molecule has 0 amide bonds. The van der Waals surface area contributed by atoms with E-state index in [1.54, 1.807) is 0 Å². The number of aliphatic imine (C=N–C) groups is 1. The van der Waals surface area contributed by atoms with Gasteiger partial charge < -0.3 is 10.6 Å². The summed E-state index contributed by atoms with van der Waals surface area (Å²) in [6.45, 7) is 2.96. The van der Waals surface area contributed by atoms with E-state index < -0.39 is 0 Å². The van der Waals surface area contributed by atoms with Crippen LogP contribution in [0.15, 0.2) is 108 Å². The predicted molar refractivity (Wildman–Crippen MR) is 127 cm³/mol. The third-order valence-corrected chi connectivity index (χ3v) is 5.65. The first-order valence-electron chi connectivity index (χ1n) is 10.7. The van der Waals surface area contributed by atoms with Gasteiger partial charge in [-0.15, -0.1) is 0 Å². The molecule has 3 aromatic rings. The molecule has 2 unspecified atom stereocenters. The van der Waals surface area contributed by atoms with Crippen LogP contribution in [0.5, 0.6) is 0 Å². The summed E-state index contributed by atoms with van der Waals surface area (Å²) in [6, 6.07) is 29.5. The highest BCUT2D eigenvalue weighted by molar-refractivity contribution is 5.99. The summed E-state index contributed by atoms with van der Waals surface area (Å²) in [5, 5.41) is 10.6. The molecule has 5 rings (SSSR count). The molecule has 4 nitrogen and oxygen atoms in total. The lowest BCUT2D eigenvalue weighted by atomic mass is 9.99. The molecule has 0 aliphatic carbocycles. The summed E-state index contributed by atoms with van der Waals surface area (Å²) in [5.74, 6) is 0.903. The van der Waals surface area contributed by atoms with Crippen LogP contribution in [0.2, 0.25) is 0 Å². The van der Waals surface area contributed by atoms with Crippen LogP contribution in [-0.4, -0.2) is 12.4 Å². The summed E-state index contributed by atoms with van der Waals surface area (Å²) >= 11 is 0. The van der Waals surface area contributed by atoms with Crippen molar-refractivity contribution in [2.45, 2.75) is 19.3 Å². The Morgan fingerprint density at radius 2 is 1.52 bits per heavy atom. The molecular weight excluding hydrogens is 380 g/mol. The van der Waals surface area contributed by atoms with Crippen LogP contribution in [0.25, 0.3) is 5.57 Å². The lowest BCUT2D eigenvalue weighted by molar-refractivity contribution is 0.409. The Kier molecular flexibility index (Phi) is 5.38. The first-order chi connectivity index (χ1) is 15.3. The average molecular weight is 407 g/mol. The van der Waals surface area contributed by atoms with Gasteiger partial charge in [-0.05, 0) is 41.3 Å². The van der Waals surface area contributed by atoms with Gasteiger partial charge in [-0.3, -0.25) is 5.32 Å². The fourth-order valence-corrected chi connectivity index (χ4v) is 4.04.